The number of benzene rings is 2. The summed E-state index contributed by atoms with van der Waals surface area (Å²) in [5, 5.41) is 3.22. The lowest BCUT2D eigenvalue weighted by Crippen LogP contribution is -2.48. The van der Waals surface area contributed by atoms with Gasteiger partial charge in [0, 0.05) is 31.6 Å². The summed E-state index contributed by atoms with van der Waals surface area (Å²) >= 11 is 5.98. The van der Waals surface area contributed by atoms with Crippen LogP contribution in [0.2, 0.25) is 5.02 Å². The zero-order valence-electron chi connectivity index (χ0n) is 20.5. The van der Waals surface area contributed by atoms with Crippen LogP contribution in [0.25, 0.3) is 0 Å². The molecule has 2 rings (SSSR count). The standard InChI is InChI=1S/C25H34ClN3O4S/c1-6-22(25(31)27-4)28(17-20-12-14-21(26)15-13-20)24(30)11-8-16-29(34(5,32)33)23-10-7-9-18(2)19(23)3/h7,9-10,12-15,22H,6,8,11,16-17H2,1-5H3,(H,27,31)/t22-/m1/s1. The van der Waals surface area contributed by atoms with Gasteiger partial charge in [-0.25, -0.2) is 8.42 Å². The van der Waals surface area contributed by atoms with Crippen LogP contribution in [0.3, 0.4) is 0 Å². The van der Waals surface area contributed by atoms with E-state index in [-0.39, 0.29) is 31.3 Å². The van der Waals surface area contributed by atoms with Gasteiger partial charge in [0.2, 0.25) is 21.8 Å². The molecule has 0 aliphatic rings. The van der Waals surface area contributed by atoms with Crippen LogP contribution in [-0.4, -0.2) is 51.0 Å². The molecule has 34 heavy (non-hydrogen) atoms. The van der Waals surface area contributed by atoms with Crippen molar-refractivity contribution in [1.82, 2.24) is 10.2 Å². The Balaban J connectivity index is 2.21. The maximum Gasteiger partial charge on any atom is 0.242 e. The van der Waals surface area contributed by atoms with E-state index in [1.165, 1.54) is 10.6 Å². The van der Waals surface area contributed by atoms with Crippen LogP contribution >= 0.6 is 11.6 Å². The highest BCUT2D eigenvalue weighted by molar-refractivity contribution is 7.92. The summed E-state index contributed by atoms with van der Waals surface area (Å²) in [6.07, 6.45) is 2.05. The quantitative estimate of drug-likeness (QED) is 0.497. The van der Waals surface area contributed by atoms with Gasteiger partial charge in [-0.3, -0.25) is 13.9 Å². The summed E-state index contributed by atoms with van der Waals surface area (Å²) in [4.78, 5) is 27.3. The average Bonchev–Trinajstić information content (AvgIpc) is 2.79. The molecule has 1 N–H and O–H groups in total. The fourth-order valence-electron chi connectivity index (χ4n) is 3.86. The number of sulfonamides is 1. The minimum Gasteiger partial charge on any atom is -0.357 e. The summed E-state index contributed by atoms with van der Waals surface area (Å²) < 4.78 is 26.4. The molecule has 0 fully saturated rings. The van der Waals surface area contributed by atoms with Crippen LogP contribution in [0.1, 0.15) is 42.9 Å². The molecule has 0 heterocycles. The Labute approximate surface area is 208 Å². The van der Waals surface area contributed by atoms with Crippen molar-refractivity contribution in [3.63, 3.8) is 0 Å². The number of nitrogens with one attached hydrogen (secondary N) is 1. The van der Waals surface area contributed by atoms with Gasteiger partial charge in [0.15, 0.2) is 0 Å². The minimum absolute atomic E-state index is 0.109. The minimum atomic E-state index is -3.53. The molecule has 2 aromatic carbocycles. The van der Waals surface area contributed by atoms with Gasteiger partial charge in [-0.15, -0.1) is 0 Å². The number of amides is 2. The Morgan fingerprint density at radius 2 is 1.74 bits per heavy atom. The molecule has 0 saturated heterocycles. The Kier molecular flexibility index (Phi) is 9.94. The smallest absolute Gasteiger partial charge is 0.242 e. The summed E-state index contributed by atoms with van der Waals surface area (Å²) in [5.41, 5.74) is 3.35. The van der Waals surface area contributed by atoms with E-state index in [0.717, 1.165) is 16.7 Å². The van der Waals surface area contributed by atoms with Crippen LogP contribution in [0, 0.1) is 13.8 Å². The number of hydrogen-bond donors (Lipinski definition) is 1. The van der Waals surface area contributed by atoms with Crippen molar-refractivity contribution in [2.75, 3.05) is 24.2 Å². The largest absolute Gasteiger partial charge is 0.357 e. The monoisotopic (exact) mass is 507 g/mol. The molecule has 0 unspecified atom stereocenters. The van der Waals surface area contributed by atoms with Gasteiger partial charge in [0.25, 0.3) is 0 Å². The second kappa shape index (κ2) is 12.2. The van der Waals surface area contributed by atoms with Gasteiger partial charge >= 0.3 is 0 Å². The Morgan fingerprint density at radius 1 is 1.09 bits per heavy atom. The first-order chi connectivity index (χ1) is 16.0. The summed E-state index contributed by atoms with van der Waals surface area (Å²) in [7, 11) is -1.99. The first-order valence-electron chi connectivity index (χ1n) is 11.3. The Morgan fingerprint density at radius 3 is 2.29 bits per heavy atom. The molecule has 0 aliphatic heterocycles. The number of hydrogen-bond acceptors (Lipinski definition) is 4. The molecular formula is C25H34ClN3O4S. The Hall–Kier alpha value is -2.58. The van der Waals surface area contributed by atoms with Gasteiger partial charge in [-0.05, 0) is 61.6 Å². The average molecular weight is 508 g/mol. The van der Waals surface area contributed by atoms with E-state index in [4.69, 9.17) is 11.6 Å². The lowest BCUT2D eigenvalue weighted by atomic mass is 10.1. The fraction of sp³-hybridized carbons (Fsp3) is 0.440. The topological polar surface area (TPSA) is 86.8 Å². The number of halogens is 1. The van der Waals surface area contributed by atoms with E-state index < -0.39 is 16.1 Å². The van der Waals surface area contributed by atoms with Crippen LogP contribution < -0.4 is 9.62 Å². The molecule has 9 heteroatoms. The first-order valence-corrected chi connectivity index (χ1v) is 13.5. The highest BCUT2D eigenvalue weighted by Gasteiger charge is 2.28. The van der Waals surface area contributed by atoms with Crippen LogP contribution in [0.15, 0.2) is 42.5 Å². The number of anilines is 1. The SMILES string of the molecule is CC[C@H](C(=O)NC)N(Cc1ccc(Cl)cc1)C(=O)CCCN(c1cccc(C)c1C)S(C)(=O)=O. The highest BCUT2D eigenvalue weighted by atomic mass is 35.5. The van der Waals surface area contributed by atoms with Crippen molar-refractivity contribution in [3.05, 3.63) is 64.2 Å². The number of aryl methyl sites for hydroxylation is 1. The lowest BCUT2D eigenvalue weighted by molar-refractivity contribution is -0.141. The van der Waals surface area contributed by atoms with Crippen LogP contribution in [0.5, 0.6) is 0 Å². The van der Waals surface area contributed by atoms with Crippen LogP contribution in [0.4, 0.5) is 5.69 Å². The zero-order chi connectivity index (χ0) is 25.5. The van der Waals surface area contributed by atoms with Gasteiger partial charge in [-0.1, -0.05) is 42.8 Å². The molecule has 2 aromatic rings. The van der Waals surface area contributed by atoms with Crippen molar-refractivity contribution in [2.45, 2.75) is 52.6 Å². The van der Waals surface area contributed by atoms with Crippen molar-refractivity contribution in [2.24, 2.45) is 0 Å². The molecule has 7 nitrogen and oxygen atoms in total. The highest BCUT2D eigenvalue weighted by Crippen LogP contribution is 2.25. The molecule has 0 radical (unpaired) electrons. The van der Waals surface area contributed by atoms with Crippen molar-refractivity contribution >= 4 is 39.1 Å². The number of nitrogens with zero attached hydrogens (tertiary/aromatic N) is 2. The van der Waals surface area contributed by atoms with Crippen LogP contribution in [-0.2, 0) is 26.2 Å². The van der Waals surface area contributed by atoms with E-state index in [1.54, 1.807) is 30.1 Å². The third-order valence-corrected chi connectivity index (χ3v) is 7.33. The van der Waals surface area contributed by atoms with E-state index in [1.807, 2.05) is 45.0 Å². The van der Waals surface area contributed by atoms with Crippen molar-refractivity contribution < 1.29 is 18.0 Å². The van der Waals surface area contributed by atoms with Crippen molar-refractivity contribution in [3.8, 4) is 0 Å². The second-order valence-corrected chi connectivity index (χ2v) is 10.7. The summed E-state index contributed by atoms with van der Waals surface area (Å²) in [5.74, 6) is -0.447. The Bertz CT molecular complexity index is 1100. The third kappa shape index (κ3) is 7.21. The fourth-order valence-corrected chi connectivity index (χ4v) is 5.00. The molecule has 0 bridgehead atoms. The maximum atomic E-state index is 13.3. The van der Waals surface area contributed by atoms with E-state index in [2.05, 4.69) is 5.32 Å². The second-order valence-electron chi connectivity index (χ2n) is 8.34. The number of carbonyl (C=O) groups excluding carboxylic acids is 2. The third-order valence-electron chi connectivity index (χ3n) is 5.90. The van der Waals surface area contributed by atoms with Gasteiger partial charge in [0.05, 0.1) is 11.9 Å². The molecule has 2 amide bonds. The first kappa shape index (κ1) is 27.7. The number of carbonyl (C=O) groups is 2. The van der Waals surface area contributed by atoms with Gasteiger partial charge in [-0.2, -0.15) is 0 Å². The molecule has 0 aromatic heterocycles. The zero-order valence-corrected chi connectivity index (χ0v) is 22.0. The molecule has 0 spiro atoms. The molecule has 1 atom stereocenters. The summed E-state index contributed by atoms with van der Waals surface area (Å²) in [6.45, 7) is 6.10. The summed E-state index contributed by atoms with van der Waals surface area (Å²) in [6, 6.07) is 12.0. The van der Waals surface area contributed by atoms with Gasteiger partial charge in [0.1, 0.15) is 6.04 Å². The maximum absolute atomic E-state index is 13.3. The lowest BCUT2D eigenvalue weighted by Gasteiger charge is -2.31. The number of likely N-dealkylation sites (N-methyl/N-ethyl adjacent to an activating group) is 1. The predicted molar refractivity (Wildman–Crippen MR) is 137 cm³/mol. The van der Waals surface area contributed by atoms with Gasteiger partial charge < -0.3 is 10.2 Å². The van der Waals surface area contributed by atoms with E-state index >= 15 is 0 Å². The normalized spacial score (nSPS) is 12.2. The van der Waals surface area contributed by atoms with E-state index in [9.17, 15) is 18.0 Å². The van der Waals surface area contributed by atoms with Crippen molar-refractivity contribution in [1.29, 1.82) is 0 Å². The molecule has 0 saturated carbocycles. The predicted octanol–water partition coefficient (Wildman–Crippen LogP) is 4.06. The molecule has 186 valence electrons. The number of rotatable bonds is 11. The van der Waals surface area contributed by atoms with E-state index in [0.29, 0.717) is 23.6 Å². The molecular weight excluding hydrogens is 474 g/mol. The molecule has 0 aliphatic carbocycles.